The number of carboxylic acids is 1. The molecule has 0 saturated carbocycles. The Bertz CT molecular complexity index is 795. The summed E-state index contributed by atoms with van der Waals surface area (Å²) in [4.78, 5) is 33.4. The number of hydrogen-bond donors (Lipinski definition) is 1. The zero-order valence-corrected chi connectivity index (χ0v) is 11.9. The van der Waals surface area contributed by atoms with Crippen LogP contribution in [0, 0.1) is 10.1 Å². The molecule has 0 amide bonds. The molecule has 1 N–H and O–H groups in total. The highest BCUT2D eigenvalue weighted by Gasteiger charge is 2.14. The van der Waals surface area contributed by atoms with Crippen molar-refractivity contribution in [1.29, 1.82) is 0 Å². The molecule has 0 aliphatic heterocycles. The van der Waals surface area contributed by atoms with E-state index in [-0.39, 0.29) is 17.7 Å². The Labute approximate surface area is 125 Å². The van der Waals surface area contributed by atoms with Crippen molar-refractivity contribution >= 4 is 11.7 Å². The van der Waals surface area contributed by atoms with Gasteiger partial charge in [0, 0.05) is 29.8 Å². The van der Waals surface area contributed by atoms with E-state index in [0.717, 1.165) is 0 Å². The summed E-state index contributed by atoms with van der Waals surface area (Å²) in [6, 6.07) is 9.04. The molecular formula is C15H14N2O5. The van der Waals surface area contributed by atoms with E-state index in [9.17, 15) is 19.7 Å². The van der Waals surface area contributed by atoms with E-state index in [1.54, 1.807) is 25.1 Å². The fraction of sp³-hybridized carbons (Fsp3) is 0.200. The van der Waals surface area contributed by atoms with Crippen LogP contribution in [0.4, 0.5) is 5.69 Å². The summed E-state index contributed by atoms with van der Waals surface area (Å²) in [7, 11) is 0. The molecule has 1 heterocycles. The van der Waals surface area contributed by atoms with Crippen LogP contribution >= 0.6 is 0 Å². The predicted octanol–water partition coefficient (Wildman–Crippen LogP) is 2.07. The van der Waals surface area contributed by atoms with E-state index in [1.165, 1.54) is 22.8 Å². The quantitative estimate of drug-likeness (QED) is 0.672. The third-order valence-electron chi connectivity index (χ3n) is 3.26. The number of hydrogen-bond acceptors (Lipinski definition) is 4. The smallest absolute Gasteiger partial charge is 0.308 e. The summed E-state index contributed by atoms with van der Waals surface area (Å²) >= 11 is 0. The third-order valence-corrected chi connectivity index (χ3v) is 3.26. The average Bonchev–Trinajstić information content (AvgIpc) is 2.48. The molecule has 7 nitrogen and oxygen atoms in total. The molecule has 1 aromatic heterocycles. The molecule has 22 heavy (non-hydrogen) atoms. The van der Waals surface area contributed by atoms with E-state index >= 15 is 0 Å². The van der Waals surface area contributed by atoms with Gasteiger partial charge in [-0.3, -0.25) is 19.7 Å². The van der Waals surface area contributed by atoms with Gasteiger partial charge in [0.25, 0.3) is 11.2 Å². The Morgan fingerprint density at radius 3 is 2.64 bits per heavy atom. The van der Waals surface area contributed by atoms with Crippen LogP contribution in [0.1, 0.15) is 12.5 Å². The van der Waals surface area contributed by atoms with Crippen molar-refractivity contribution < 1.29 is 14.8 Å². The van der Waals surface area contributed by atoms with Gasteiger partial charge in [-0.2, -0.15) is 0 Å². The largest absolute Gasteiger partial charge is 0.481 e. The van der Waals surface area contributed by atoms with Gasteiger partial charge in [-0.05, 0) is 13.0 Å². The van der Waals surface area contributed by atoms with Crippen molar-refractivity contribution in [3.8, 4) is 11.3 Å². The summed E-state index contributed by atoms with van der Waals surface area (Å²) in [5, 5.41) is 19.7. The first-order valence-electron chi connectivity index (χ1n) is 6.63. The minimum Gasteiger partial charge on any atom is -0.481 e. The highest BCUT2D eigenvalue weighted by Crippen LogP contribution is 2.23. The number of rotatable bonds is 5. The molecule has 0 spiro atoms. The number of aromatic nitrogens is 1. The van der Waals surface area contributed by atoms with Crippen LogP contribution in [0.25, 0.3) is 11.3 Å². The van der Waals surface area contributed by atoms with Crippen LogP contribution in [-0.2, 0) is 17.8 Å². The molecule has 0 unspecified atom stereocenters. The average molecular weight is 302 g/mol. The highest BCUT2D eigenvalue weighted by molar-refractivity contribution is 5.70. The first kappa shape index (κ1) is 15.4. The van der Waals surface area contributed by atoms with Gasteiger partial charge in [-0.1, -0.05) is 18.2 Å². The van der Waals surface area contributed by atoms with Crippen molar-refractivity contribution in [2.45, 2.75) is 19.9 Å². The van der Waals surface area contributed by atoms with Crippen LogP contribution in [-0.4, -0.2) is 20.6 Å². The van der Waals surface area contributed by atoms with Crippen molar-refractivity contribution in [3.63, 3.8) is 0 Å². The number of carbonyl (C=O) groups is 1. The Morgan fingerprint density at radius 2 is 2.05 bits per heavy atom. The summed E-state index contributed by atoms with van der Waals surface area (Å²) in [6.07, 6.45) is -0.353. The van der Waals surface area contributed by atoms with Gasteiger partial charge in [-0.25, -0.2) is 0 Å². The van der Waals surface area contributed by atoms with Gasteiger partial charge in [0.2, 0.25) is 0 Å². The lowest BCUT2D eigenvalue weighted by Gasteiger charge is -2.12. The van der Waals surface area contributed by atoms with Crippen LogP contribution in [0.3, 0.4) is 0 Å². The molecule has 0 bridgehead atoms. The van der Waals surface area contributed by atoms with Crippen LogP contribution in [0.15, 0.2) is 41.2 Å². The van der Waals surface area contributed by atoms with E-state index in [4.69, 9.17) is 5.11 Å². The normalized spacial score (nSPS) is 10.4. The van der Waals surface area contributed by atoms with E-state index in [2.05, 4.69) is 0 Å². The Kier molecular flexibility index (Phi) is 4.36. The number of pyridine rings is 1. The molecular weight excluding hydrogens is 288 g/mol. The summed E-state index contributed by atoms with van der Waals surface area (Å²) in [6.45, 7) is 2.09. The van der Waals surface area contributed by atoms with Crippen LogP contribution in [0.5, 0.6) is 0 Å². The van der Waals surface area contributed by atoms with Crippen molar-refractivity contribution in [1.82, 2.24) is 4.57 Å². The van der Waals surface area contributed by atoms with Crippen molar-refractivity contribution in [2.24, 2.45) is 0 Å². The molecule has 0 saturated heterocycles. The predicted molar refractivity (Wildman–Crippen MR) is 79.8 cm³/mol. The molecule has 0 aliphatic carbocycles. The topological polar surface area (TPSA) is 102 Å². The monoisotopic (exact) mass is 302 g/mol. The maximum atomic E-state index is 12.3. The third kappa shape index (κ3) is 3.03. The first-order chi connectivity index (χ1) is 10.4. The lowest BCUT2D eigenvalue weighted by atomic mass is 10.1. The lowest BCUT2D eigenvalue weighted by molar-refractivity contribution is -0.384. The number of carboxylic acid groups (broad SMARTS) is 1. The van der Waals surface area contributed by atoms with Gasteiger partial charge < -0.3 is 9.67 Å². The summed E-state index contributed by atoms with van der Waals surface area (Å²) in [5.41, 5.74) is 0.778. The number of aliphatic carboxylic acids is 1. The maximum absolute atomic E-state index is 12.3. The summed E-state index contributed by atoms with van der Waals surface area (Å²) < 4.78 is 1.41. The minimum absolute atomic E-state index is 0.0674. The van der Waals surface area contributed by atoms with Gasteiger partial charge in [0.15, 0.2) is 0 Å². The van der Waals surface area contributed by atoms with E-state index in [1.807, 2.05) is 0 Å². The van der Waals surface area contributed by atoms with Crippen LogP contribution < -0.4 is 5.56 Å². The molecule has 0 radical (unpaired) electrons. The molecule has 114 valence electrons. The number of nitro groups is 1. The number of benzene rings is 1. The van der Waals surface area contributed by atoms with Gasteiger partial charge in [0.1, 0.15) is 0 Å². The van der Waals surface area contributed by atoms with Crippen molar-refractivity contribution in [3.05, 3.63) is 62.4 Å². The Hall–Kier alpha value is -2.96. The molecule has 0 aliphatic rings. The maximum Gasteiger partial charge on any atom is 0.308 e. The van der Waals surface area contributed by atoms with Crippen LogP contribution in [0.2, 0.25) is 0 Å². The van der Waals surface area contributed by atoms with E-state index in [0.29, 0.717) is 17.8 Å². The second-order valence-corrected chi connectivity index (χ2v) is 4.67. The zero-order chi connectivity index (χ0) is 16.3. The molecule has 0 fully saturated rings. The molecule has 1 aromatic carbocycles. The minimum atomic E-state index is -1.08. The van der Waals surface area contributed by atoms with Gasteiger partial charge in [0.05, 0.1) is 17.0 Å². The lowest BCUT2D eigenvalue weighted by Crippen LogP contribution is -2.25. The first-order valence-corrected chi connectivity index (χ1v) is 6.63. The zero-order valence-electron chi connectivity index (χ0n) is 11.9. The molecule has 0 atom stereocenters. The fourth-order valence-corrected chi connectivity index (χ4v) is 2.27. The van der Waals surface area contributed by atoms with Gasteiger partial charge >= 0.3 is 5.97 Å². The SMILES string of the molecule is CCn1c(-c2cccc([N+](=O)[O-])c2)ccc(CC(=O)O)c1=O. The highest BCUT2D eigenvalue weighted by atomic mass is 16.6. The van der Waals surface area contributed by atoms with Crippen molar-refractivity contribution in [2.75, 3.05) is 0 Å². The molecule has 2 rings (SSSR count). The second-order valence-electron chi connectivity index (χ2n) is 4.67. The number of nitro benzene ring substituents is 1. The summed E-state index contributed by atoms with van der Waals surface area (Å²) in [5.74, 6) is -1.08. The Morgan fingerprint density at radius 1 is 1.32 bits per heavy atom. The standard InChI is InChI=1S/C15H14N2O5/c1-2-16-13(7-6-11(15(16)20)9-14(18)19)10-4-3-5-12(8-10)17(21)22/h3-8H,2,9H2,1H3,(H,18,19). The molecule has 2 aromatic rings. The number of nitrogens with zero attached hydrogens (tertiary/aromatic N) is 2. The second kappa shape index (κ2) is 6.21. The molecule has 7 heteroatoms. The fourth-order valence-electron chi connectivity index (χ4n) is 2.27. The number of non-ortho nitro benzene ring substituents is 1. The van der Waals surface area contributed by atoms with Gasteiger partial charge in [-0.15, -0.1) is 0 Å². The van der Waals surface area contributed by atoms with E-state index < -0.39 is 16.5 Å². The Balaban J connectivity index is 2.59.